The third kappa shape index (κ3) is 50.4. The van der Waals surface area contributed by atoms with Crippen LogP contribution in [0.1, 0.15) is 219 Å². The highest BCUT2D eigenvalue weighted by molar-refractivity contribution is 5.70. The molecule has 0 aromatic carbocycles. The zero-order valence-corrected chi connectivity index (χ0v) is 43.8. The number of hydrogen-bond donors (Lipinski definition) is 0. The zero-order chi connectivity index (χ0) is 49.2. The van der Waals surface area contributed by atoms with Gasteiger partial charge in [-0.05, 0) is 77.0 Å². The third-order valence-corrected chi connectivity index (χ3v) is 11.4. The van der Waals surface area contributed by atoms with Crippen LogP contribution in [0.15, 0.2) is 72.9 Å². The van der Waals surface area contributed by atoms with Crippen molar-refractivity contribution in [3.63, 3.8) is 0 Å². The van der Waals surface area contributed by atoms with E-state index in [1.54, 1.807) is 0 Å². The van der Waals surface area contributed by atoms with Crippen molar-refractivity contribution in [2.45, 2.75) is 232 Å². The van der Waals surface area contributed by atoms with E-state index >= 15 is 0 Å². The zero-order valence-electron chi connectivity index (χ0n) is 43.8. The van der Waals surface area contributed by atoms with Crippen molar-refractivity contribution < 1.29 is 42.9 Å². The number of rotatable bonds is 49. The van der Waals surface area contributed by atoms with Gasteiger partial charge in [-0.3, -0.25) is 9.59 Å². The molecule has 0 amide bonds. The van der Waals surface area contributed by atoms with Crippen molar-refractivity contribution in [1.29, 1.82) is 0 Å². The minimum atomic E-state index is -1.64. The molecule has 2 atom stereocenters. The molecule has 0 heterocycles. The summed E-state index contributed by atoms with van der Waals surface area (Å²) < 4.78 is 22.6. The van der Waals surface area contributed by atoms with Gasteiger partial charge in [0.05, 0.1) is 40.3 Å². The Kier molecular flexibility index (Phi) is 46.8. The first-order valence-corrected chi connectivity index (χ1v) is 27.1. The minimum Gasteiger partial charge on any atom is -0.545 e. The molecule has 0 aromatic heterocycles. The Hall–Kier alpha value is -3.27. The Balaban J connectivity index is 4.31. The number of hydrogen-bond acceptors (Lipinski definition) is 8. The maximum absolute atomic E-state index is 12.8. The molecule has 0 saturated carbocycles. The quantitative estimate of drug-likeness (QED) is 0.0195. The Bertz CT molecular complexity index is 1330. The average molecular weight is 940 g/mol. The molecule has 0 aromatic rings. The van der Waals surface area contributed by atoms with Gasteiger partial charge < -0.3 is 33.3 Å². The molecule has 9 nitrogen and oxygen atoms in total. The molecule has 0 saturated heterocycles. The number of aliphatic carboxylic acids is 1. The number of likely N-dealkylation sites (N-methyl/N-ethyl adjacent to an activating group) is 1. The molecule has 0 N–H and O–H groups in total. The first-order valence-electron chi connectivity index (χ1n) is 27.1. The smallest absolute Gasteiger partial charge is 0.306 e. The lowest BCUT2D eigenvalue weighted by Gasteiger charge is -2.26. The van der Waals surface area contributed by atoms with E-state index in [1.165, 1.54) is 128 Å². The summed E-state index contributed by atoms with van der Waals surface area (Å²) in [5.41, 5.74) is 0. The molecule has 0 bridgehead atoms. The number of carboxylic acids is 1. The molecule has 2 unspecified atom stereocenters. The number of carbonyl (C=O) groups is 3. The predicted molar refractivity (Wildman–Crippen MR) is 278 cm³/mol. The van der Waals surface area contributed by atoms with E-state index in [9.17, 15) is 19.5 Å². The third-order valence-electron chi connectivity index (χ3n) is 11.4. The highest BCUT2D eigenvalue weighted by Gasteiger charge is 2.21. The summed E-state index contributed by atoms with van der Waals surface area (Å²) in [6.07, 6.45) is 59.6. The summed E-state index contributed by atoms with van der Waals surface area (Å²) >= 11 is 0. The highest BCUT2D eigenvalue weighted by atomic mass is 16.7. The average Bonchev–Trinajstić information content (AvgIpc) is 3.29. The summed E-state index contributed by atoms with van der Waals surface area (Å²) in [7, 11) is 5.89. The van der Waals surface area contributed by atoms with Gasteiger partial charge in [-0.2, -0.15) is 0 Å². The van der Waals surface area contributed by atoms with E-state index in [-0.39, 0.29) is 38.6 Å². The van der Waals surface area contributed by atoms with E-state index in [2.05, 4.69) is 80.7 Å². The molecule has 67 heavy (non-hydrogen) atoms. The molecule has 386 valence electrons. The molecule has 9 heteroatoms. The lowest BCUT2D eigenvalue weighted by molar-refractivity contribution is -0.870. The molecule has 0 fully saturated rings. The topological polar surface area (TPSA) is 111 Å². The van der Waals surface area contributed by atoms with E-state index in [0.717, 1.165) is 51.4 Å². The van der Waals surface area contributed by atoms with Gasteiger partial charge in [0.25, 0.3) is 0 Å². The number of carbonyl (C=O) groups excluding carboxylic acids is 3. The molecule has 0 aliphatic carbocycles. The second-order valence-electron chi connectivity index (χ2n) is 19.1. The summed E-state index contributed by atoms with van der Waals surface area (Å²) in [4.78, 5) is 37.2. The van der Waals surface area contributed by atoms with Crippen molar-refractivity contribution in [2.75, 3.05) is 47.5 Å². The van der Waals surface area contributed by atoms with Crippen LogP contribution in [-0.2, 0) is 33.3 Å². The fourth-order valence-electron chi connectivity index (χ4n) is 7.27. The van der Waals surface area contributed by atoms with Crippen molar-refractivity contribution in [1.82, 2.24) is 0 Å². The van der Waals surface area contributed by atoms with Crippen molar-refractivity contribution in [3.8, 4) is 0 Å². The second-order valence-corrected chi connectivity index (χ2v) is 19.1. The first kappa shape index (κ1) is 63.7. The Morgan fingerprint density at radius 3 is 1.33 bits per heavy atom. The Labute approximate surface area is 411 Å². The number of carboxylic acid groups (broad SMARTS) is 1. The maximum atomic E-state index is 12.8. The van der Waals surface area contributed by atoms with Crippen LogP contribution in [0.2, 0.25) is 0 Å². The Morgan fingerprint density at radius 2 is 0.866 bits per heavy atom. The summed E-state index contributed by atoms with van der Waals surface area (Å²) in [6.45, 7) is 4.57. The molecule has 0 rings (SSSR count). The molecule has 0 radical (unpaired) electrons. The van der Waals surface area contributed by atoms with E-state index < -0.39 is 24.3 Å². The van der Waals surface area contributed by atoms with Crippen LogP contribution in [0.5, 0.6) is 0 Å². The van der Waals surface area contributed by atoms with Crippen LogP contribution >= 0.6 is 0 Å². The van der Waals surface area contributed by atoms with Gasteiger partial charge in [-0.25, -0.2) is 0 Å². The normalized spacial score (nSPS) is 13.4. The highest BCUT2D eigenvalue weighted by Crippen LogP contribution is 2.15. The molecular formula is C58H101NO8. The van der Waals surface area contributed by atoms with Crippen LogP contribution in [0.3, 0.4) is 0 Å². The minimum absolute atomic E-state index is 0.134. The predicted octanol–water partition coefficient (Wildman–Crippen LogP) is 14.1. The largest absolute Gasteiger partial charge is 0.545 e. The van der Waals surface area contributed by atoms with Crippen molar-refractivity contribution in [3.05, 3.63) is 72.9 Å². The van der Waals surface area contributed by atoms with Crippen molar-refractivity contribution in [2.24, 2.45) is 0 Å². The number of unbranched alkanes of at least 4 members (excludes halogenated alkanes) is 22. The van der Waals surface area contributed by atoms with Crippen LogP contribution in [-0.4, -0.2) is 82.3 Å². The van der Waals surface area contributed by atoms with Gasteiger partial charge >= 0.3 is 11.9 Å². The summed E-state index contributed by atoms with van der Waals surface area (Å²) in [6, 6.07) is 0. The van der Waals surface area contributed by atoms with E-state index in [0.29, 0.717) is 23.9 Å². The molecular weight excluding hydrogens is 839 g/mol. The van der Waals surface area contributed by atoms with Gasteiger partial charge in [0.1, 0.15) is 13.2 Å². The lowest BCUT2D eigenvalue weighted by Crippen LogP contribution is -2.44. The van der Waals surface area contributed by atoms with E-state index in [4.69, 9.17) is 18.9 Å². The van der Waals surface area contributed by atoms with Crippen molar-refractivity contribution >= 4 is 17.9 Å². The fraction of sp³-hybridized carbons (Fsp3) is 0.741. The lowest BCUT2D eigenvalue weighted by atomic mass is 10.0. The van der Waals surface area contributed by atoms with Crippen LogP contribution in [0.25, 0.3) is 0 Å². The van der Waals surface area contributed by atoms with Gasteiger partial charge in [0.2, 0.25) is 0 Å². The maximum Gasteiger partial charge on any atom is 0.306 e. The molecule has 0 aliphatic rings. The monoisotopic (exact) mass is 940 g/mol. The van der Waals surface area contributed by atoms with Crippen LogP contribution < -0.4 is 5.11 Å². The van der Waals surface area contributed by atoms with Gasteiger partial charge in [0, 0.05) is 12.8 Å². The molecule has 0 aliphatic heterocycles. The number of nitrogens with zero attached hydrogens (tertiary/aromatic N) is 1. The second kappa shape index (κ2) is 49.2. The standard InChI is InChI=1S/C58H101NO8/c1-6-8-10-12-14-16-18-20-22-24-25-26-27-28-29-30-31-33-34-36-38-40-42-44-46-48-55(60)65-52-54(53-66-58(57(62)63)64-51-50-59(3,4)5)67-56(61)49-47-45-43-41-39-37-35-32-23-21-19-17-15-13-11-9-7-2/h9,11,15,17,21,23-25,35,37,41,43,54,58H,6-8,10,12-14,16,18-20,22,26-34,36,38-40,42,44-53H2,1-5H3/b11-9-,17-15-,23-21-,25-24-,37-35-,43-41-. The summed E-state index contributed by atoms with van der Waals surface area (Å²) in [5, 5.41) is 11.7. The number of quaternary nitrogens is 1. The van der Waals surface area contributed by atoms with Gasteiger partial charge in [0.15, 0.2) is 12.4 Å². The van der Waals surface area contributed by atoms with Crippen LogP contribution in [0, 0.1) is 0 Å². The summed E-state index contributed by atoms with van der Waals surface area (Å²) in [5.74, 6) is -2.36. The van der Waals surface area contributed by atoms with E-state index in [1.807, 2.05) is 27.2 Å². The fourth-order valence-corrected chi connectivity index (χ4v) is 7.27. The SMILES string of the molecule is CC/C=C\C/C=C\C/C=C\C/C=C\C/C=C\CCCC(=O)OC(COC(=O)CCCCCCCCCCCCCCC/C=C\CCCCCCCCCC)COC(OCC[N+](C)(C)C)C(=O)[O-]. The van der Waals surface area contributed by atoms with Gasteiger partial charge in [-0.1, -0.05) is 202 Å². The molecule has 0 spiro atoms. The number of allylic oxidation sites excluding steroid dienone is 12. The van der Waals surface area contributed by atoms with Crippen LogP contribution in [0.4, 0.5) is 0 Å². The number of ether oxygens (including phenoxy) is 4. The first-order chi connectivity index (χ1) is 32.6. The van der Waals surface area contributed by atoms with Gasteiger partial charge in [-0.15, -0.1) is 0 Å². The number of esters is 2. The Morgan fingerprint density at radius 1 is 0.463 bits per heavy atom.